The summed E-state index contributed by atoms with van der Waals surface area (Å²) >= 11 is 0. The van der Waals surface area contributed by atoms with E-state index in [9.17, 15) is 17.4 Å². The smallest absolute Gasteiger partial charge is 0.300 e. The average Bonchev–Trinajstić information content (AvgIpc) is 2.78. The Morgan fingerprint density at radius 3 is 0.971 bits per heavy atom. The molecule has 1 atom stereocenters. The van der Waals surface area contributed by atoms with Crippen molar-refractivity contribution in [2.75, 3.05) is 14.1 Å². The lowest BCUT2D eigenvalue weighted by atomic mass is 10.0. The first-order valence-corrected chi connectivity index (χ1v) is 16.0. The molecule has 0 aliphatic heterocycles. The van der Waals surface area contributed by atoms with Gasteiger partial charge >= 0.3 is 0 Å². The molecular weight excluding hydrogens is 449 g/mol. The van der Waals surface area contributed by atoms with Crippen molar-refractivity contribution >= 4 is 10.1 Å². The Balaban J connectivity index is 0. The molecule has 0 aliphatic rings. The van der Waals surface area contributed by atoms with E-state index in [0.29, 0.717) is 12.8 Å². The summed E-state index contributed by atoms with van der Waals surface area (Å²) in [6.07, 6.45) is 23.7. The van der Waals surface area contributed by atoms with Gasteiger partial charge in [-0.05, 0) is 39.8 Å². The Morgan fingerprint density at radius 1 is 0.559 bits per heavy atom. The molecular formula is C28H60FNO3S. The van der Waals surface area contributed by atoms with Crippen molar-refractivity contribution in [3.8, 4) is 0 Å². The molecule has 0 amide bonds. The summed E-state index contributed by atoms with van der Waals surface area (Å²) in [6, 6.07) is 0. The predicted molar refractivity (Wildman–Crippen MR) is 148 cm³/mol. The van der Waals surface area contributed by atoms with Gasteiger partial charge in [0.05, 0.1) is 0 Å². The Labute approximate surface area is 213 Å². The molecule has 0 saturated carbocycles. The molecule has 0 rings (SSSR count). The van der Waals surface area contributed by atoms with Crippen LogP contribution < -0.4 is 5.32 Å². The largest absolute Gasteiger partial charge is 0.323 e. The second-order valence-electron chi connectivity index (χ2n) is 10.1. The highest BCUT2D eigenvalue weighted by molar-refractivity contribution is 7.87. The third-order valence-electron chi connectivity index (χ3n) is 6.52. The predicted octanol–water partition coefficient (Wildman–Crippen LogP) is 9.39. The van der Waals surface area contributed by atoms with Gasteiger partial charge in [-0.15, -0.1) is 0 Å². The van der Waals surface area contributed by atoms with Crippen molar-refractivity contribution in [3.63, 3.8) is 0 Å². The van der Waals surface area contributed by atoms with Crippen LogP contribution in [0.4, 0.5) is 4.39 Å². The molecule has 208 valence electrons. The fourth-order valence-corrected chi connectivity index (χ4v) is 5.12. The SMILES string of the molecule is CCCCCCCCCCCCCCC(F)(CCCCCCCCCCC)S(=O)(=O)O.CNC. The highest BCUT2D eigenvalue weighted by atomic mass is 32.2. The van der Waals surface area contributed by atoms with Crippen LogP contribution in [0.2, 0.25) is 0 Å². The first-order chi connectivity index (χ1) is 16.3. The monoisotopic (exact) mass is 509 g/mol. The Kier molecular flexibility index (Phi) is 27.4. The van der Waals surface area contributed by atoms with Crippen LogP contribution >= 0.6 is 0 Å². The number of halogens is 1. The summed E-state index contributed by atoms with van der Waals surface area (Å²) in [5.41, 5.74) is 0. The van der Waals surface area contributed by atoms with E-state index >= 15 is 0 Å². The van der Waals surface area contributed by atoms with E-state index in [-0.39, 0.29) is 12.8 Å². The maximum absolute atomic E-state index is 15.0. The lowest BCUT2D eigenvalue weighted by molar-refractivity contribution is 0.203. The van der Waals surface area contributed by atoms with E-state index in [0.717, 1.165) is 38.5 Å². The van der Waals surface area contributed by atoms with Crippen molar-refractivity contribution in [3.05, 3.63) is 0 Å². The fraction of sp³-hybridized carbons (Fsp3) is 1.00. The summed E-state index contributed by atoms with van der Waals surface area (Å²) in [4.78, 5) is 0. The molecule has 6 heteroatoms. The molecule has 0 radical (unpaired) electrons. The molecule has 4 nitrogen and oxygen atoms in total. The summed E-state index contributed by atoms with van der Waals surface area (Å²) in [7, 11) is -0.903. The van der Waals surface area contributed by atoms with E-state index < -0.39 is 15.1 Å². The number of hydrogen-bond acceptors (Lipinski definition) is 3. The lowest BCUT2D eigenvalue weighted by Crippen LogP contribution is -2.33. The van der Waals surface area contributed by atoms with E-state index in [2.05, 4.69) is 19.2 Å². The van der Waals surface area contributed by atoms with Gasteiger partial charge in [0.1, 0.15) is 0 Å². The minimum Gasteiger partial charge on any atom is -0.323 e. The van der Waals surface area contributed by atoms with Gasteiger partial charge in [-0.2, -0.15) is 8.42 Å². The fourth-order valence-electron chi connectivity index (χ4n) is 4.31. The zero-order valence-electron chi connectivity index (χ0n) is 23.3. The molecule has 34 heavy (non-hydrogen) atoms. The quantitative estimate of drug-likeness (QED) is 0.100. The number of nitrogens with one attached hydrogen (secondary N) is 1. The van der Waals surface area contributed by atoms with Crippen LogP contribution in [-0.4, -0.2) is 32.1 Å². The van der Waals surface area contributed by atoms with Gasteiger partial charge in [-0.1, -0.05) is 136 Å². The number of unbranched alkanes of at least 4 members (excludes halogenated alkanes) is 19. The Morgan fingerprint density at radius 2 is 0.765 bits per heavy atom. The molecule has 2 N–H and O–H groups in total. The Hall–Kier alpha value is -0.200. The van der Waals surface area contributed by atoms with Gasteiger partial charge in [0.15, 0.2) is 0 Å². The normalized spacial score (nSPS) is 13.4. The first-order valence-electron chi connectivity index (χ1n) is 14.5. The highest BCUT2D eigenvalue weighted by Crippen LogP contribution is 2.32. The van der Waals surface area contributed by atoms with E-state index in [1.54, 1.807) is 0 Å². The van der Waals surface area contributed by atoms with Gasteiger partial charge in [-0.3, -0.25) is 4.55 Å². The number of alkyl halides is 1. The minimum absolute atomic E-state index is 0.0692. The van der Waals surface area contributed by atoms with Crippen LogP contribution in [0, 0.1) is 0 Å². The summed E-state index contributed by atoms with van der Waals surface area (Å²) in [5.74, 6) is 0. The molecule has 0 aliphatic carbocycles. The molecule has 0 fully saturated rings. The van der Waals surface area contributed by atoms with Crippen LogP contribution in [0.3, 0.4) is 0 Å². The standard InChI is InChI=1S/C26H53FO3S.C2H7N/c1-3-5-7-9-11-13-14-15-17-19-21-23-25-26(27,31(28,29)30)24-22-20-18-16-12-10-8-6-4-2;1-3-2/h3-25H2,1-2H3,(H,28,29,30);3H,1-2H3. The van der Waals surface area contributed by atoms with Crippen LogP contribution in [0.25, 0.3) is 0 Å². The zero-order valence-corrected chi connectivity index (χ0v) is 24.1. The van der Waals surface area contributed by atoms with Crippen LogP contribution in [0.1, 0.15) is 162 Å². The lowest BCUT2D eigenvalue weighted by Gasteiger charge is -2.22. The summed E-state index contributed by atoms with van der Waals surface area (Å²) < 4.78 is 47.7. The molecule has 0 spiro atoms. The maximum atomic E-state index is 15.0. The van der Waals surface area contributed by atoms with Gasteiger partial charge in [0.25, 0.3) is 10.1 Å². The summed E-state index contributed by atoms with van der Waals surface area (Å²) in [6.45, 7) is 4.44. The van der Waals surface area contributed by atoms with Crippen molar-refractivity contribution in [1.82, 2.24) is 5.32 Å². The topological polar surface area (TPSA) is 66.4 Å². The van der Waals surface area contributed by atoms with Gasteiger partial charge in [0.2, 0.25) is 5.00 Å². The van der Waals surface area contributed by atoms with Crippen molar-refractivity contribution < 1.29 is 17.4 Å². The molecule has 1 unspecified atom stereocenters. The van der Waals surface area contributed by atoms with Crippen molar-refractivity contribution in [1.29, 1.82) is 0 Å². The number of hydrogen-bond donors (Lipinski definition) is 2. The Bertz CT molecular complexity index is 502. The second kappa shape index (κ2) is 25.9. The molecule has 0 aromatic heterocycles. The highest BCUT2D eigenvalue weighted by Gasteiger charge is 2.42. The van der Waals surface area contributed by atoms with Gasteiger partial charge in [-0.25, -0.2) is 4.39 Å². The zero-order chi connectivity index (χ0) is 26.0. The van der Waals surface area contributed by atoms with Crippen LogP contribution in [0.5, 0.6) is 0 Å². The van der Waals surface area contributed by atoms with Gasteiger partial charge in [0, 0.05) is 0 Å². The van der Waals surface area contributed by atoms with E-state index in [4.69, 9.17) is 0 Å². The third kappa shape index (κ3) is 23.5. The van der Waals surface area contributed by atoms with Crippen molar-refractivity contribution in [2.24, 2.45) is 0 Å². The molecule has 0 saturated heterocycles. The van der Waals surface area contributed by atoms with E-state index in [1.165, 1.54) is 83.5 Å². The summed E-state index contributed by atoms with van der Waals surface area (Å²) in [5, 5.41) is 0.298. The van der Waals surface area contributed by atoms with Crippen LogP contribution in [-0.2, 0) is 10.1 Å². The van der Waals surface area contributed by atoms with Crippen molar-refractivity contribution in [2.45, 2.75) is 167 Å². The second-order valence-corrected chi connectivity index (χ2v) is 11.8. The average molecular weight is 510 g/mol. The maximum Gasteiger partial charge on any atom is 0.300 e. The van der Waals surface area contributed by atoms with Crippen LogP contribution in [0.15, 0.2) is 0 Å². The van der Waals surface area contributed by atoms with E-state index in [1.807, 2.05) is 14.1 Å². The molecule has 0 heterocycles. The van der Waals surface area contributed by atoms with Gasteiger partial charge < -0.3 is 5.32 Å². The molecule has 0 aromatic carbocycles. The minimum atomic E-state index is -4.65. The molecule has 0 bridgehead atoms. The molecule has 0 aromatic rings. The third-order valence-corrected chi connectivity index (χ3v) is 7.85. The number of rotatable bonds is 24. The first kappa shape index (κ1) is 36.0.